The van der Waals surface area contributed by atoms with Gasteiger partial charge in [0.2, 0.25) is 10.9 Å². The van der Waals surface area contributed by atoms with Crippen LogP contribution in [0.3, 0.4) is 0 Å². The van der Waals surface area contributed by atoms with E-state index in [0.717, 1.165) is 36.5 Å². The van der Waals surface area contributed by atoms with Crippen molar-refractivity contribution in [2.24, 2.45) is 22.7 Å². The number of rotatable bonds is 0. The summed E-state index contributed by atoms with van der Waals surface area (Å²) in [6.45, 7) is 13.8. The molecule has 0 fully saturated rings. The molecule has 0 spiro atoms. The molecular formula is C24H32O2. The third kappa shape index (κ3) is 2.52. The van der Waals surface area contributed by atoms with E-state index >= 15 is 0 Å². The second-order valence-electron chi connectivity index (χ2n) is 10.9. The lowest BCUT2D eigenvalue weighted by molar-refractivity contribution is 0.210. The number of fused-ring (bicyclic) bond motifs is 6. The zero-order valence-electron chi connectivity index (χ0n) is 17.2. The quantitative estimate of drug-likeness (QED) is 0.642. The van der Waals surface area contributed by atoms with Gasteiger partial charge in [-0.1, -0.05) is 41.5 Å². The van der Waals surface area contributed by atoms with Gasteiger partial charge in [-0.05, 0) is 83.4 Å². The SMILES string of the molecule is CC(C)(C)C1CCc2c3c(c4c(=O)c(=O)c4c2C1)CC(C(C)(C)C)CC3. The average molecular weight is 353 g/mol. The molecule has 2 heteroatoms. The summed E-state index contributed by atoms with van der Waals surface area (Å²) in [6, 6.07) is 0. The van der Waals surface area contributed by atoms with Gasteiger partial charge in [0.25, 0.3) is 0 Å². The molecule has 0 N–H and O–H groups in total. The van der Waals surface area contributed by atoms with E-state index in [9.17, 15) is 9.59 Å². The summed E-state index contributed by atoms with van der Waals surface area (Å²) in [5.74, 6) is 1.18. The Labute approximate surface area is 156 Å². The van der Waals surface area contributed by atoms with E-state index in [1.54, 1.807) is 0 Å². The maximum atomic E-state index is 12.5. The van der Waals surface area contributed by atoms with E-state index < -0.39 is 0 Å². The molecule has 0 amide bonds. The van der Waals surface area contributed by atoms with Gasteiger partial charge in [-0.2, -0.15) is 0 Å². The molecule has 0 aliphatic heterocycles. The molecule has 2 aromatic carbocycles. The van der Waals surface area contributed by atoms with Crippen LogP contribution in [0.2, 0.25) is 0 Å². The molecule has 0 bridgehead atoms. The molecule has 0 radical (unpaired) electrons. The topological polar surface area (TPSA) is 34.1 Å². The summed E-state index contributed by atoms with van der Waals surface area (Å²) >= 11 is 0. The summed E-state index contributed by atoms with van der Waals surface area (Å²) in [5, 5.41) is 1.62. The fraction of sp³-hybridized carbons (Fsp3) is 0.667. The summed E-state index contributed by atoms with van der Waals surface area (Å²) in [5.41, 5.74) is 5.41. The maximum Gasteiger partial charge on any atom is 0.234 e. The van der Waals surface area contributed by atoms with Crippen molar-refractivity contribution in [3.05, 3.63) is 42.7 Å². The minimum atomic E-state index is -0.216. The molecule has 140 valence electrons. The van der Waals surface area contributed by atoms with Gasteiger partial charge in [0, 0.05) is 10.8 Å². The Morgan fingerprint density at radius 3 is 1.27 bits per heavy atom. The standard InChI is InChI=1S/C24H32O2/c1-23(2,3)13-7-9-15-16-10-8-14(24(4,5)6)12-18(16)20-19(17(15)11-13)21(25)22(20)26/h13-14H,7-12H2,1-6H3. The molecular weight excluding hydrogens is 320 g/mol. The largest absolute Gasteiger partial charge is 0.285 e. The fourth-order valence-electron chi connectivity index (χ4n) is 5.50. The molecule has 0 aromatic heterocycles. The molecule has 2 nitrogen and oxygen atoms in total. The fourth-order valence-corrected chi connectivity index (χ4v) is 5.50. The Balaban J connectivity index is 1.90. The predicted octanol–water partition coefficient (Wildman–Crippen LogP) is 4.74. The Hall–Kier alpha value is -1.44. The number of hydrogen-bond acceptors (Lipinski definition) is 2. The summed E-state index contributed by atoms with van der Waals surface area (Å²) in [7, 11) is 0. The van der Waals surface area contributed by atoms with Gasteiger partial charge in [-0.25, -0.2) is 0 Å². The number of hydrogen-bond donors (Lipinski definition) is 0. The van der Waals surface area contributed by atoms with Gasteiger partial charge in [0.15, 0.2) is 0 Å². The first-order chi connectivity index (χ1) is 12.0. The van der Waals surface area contributed by atoms with E-state index in [1.165, 1.54) is 35.1 Å². The lowest BCUT2D eigenvalue weighted by Gasteiger charge is -2.40. The molecule has 2 aliphatic rings. The highest BCUT2D eigenvalue weighted by Gasteiger charge is 2.38. The molecule has 4 rings (SSSR count). The highest BCUT2D eigenvalue weighted by Crippen LogP contribution is 2.45. The molecule has 2 aliphatic carbocycles. The second kappa shape index (κ2) is 5.53. The van der Waals surface area contributed by atoms with E-state index in [-0.39, 0.29) is 21.7 Å². The van der Waals surface area contributed by atoms with Crippen LogP contribution in [0.4, 0.5) is 0 Å². The smallest absolute Gasteiger partial charge is 0.234 e. The molecule has 0 saturated heterocycles. The van der Waals surface area contributed by atoms with Gasteiger partial charge >= 0.3 is 0 Å². The molecule has 2 aromatic rings. The highest BCUT2D eigenvalue weighted by molar-refractivity contribution is 5.95. The van der Waals surface area contributed by atoms with Crippen molar-refractivity contribution in [1.29, 1.82) is 0 Å². The van der Waals surface area contributed by atoms with Crippen molar-refractivity contribution < 1.29 is 0 Å². The molecule has 26 heavy (non-hydrogen) atoms. The van der Waals surface area contributed by atoms with Crippen LogP contribution < -0.4 is 10.9 Å². The van der Waals surface area contributed by atoms with Crippen molar-refractivity contribution in [2.75, 3.05) is 0 Å². The van der Waals surface area contributed by atoms with E-state index in [2.05, 4.69) is 41.5 Å². The van der Waals surface area contributed by atoms with Gasteiger partial charge < -0.3 is 0 Å². The van der Waals surface area contributed by atoms with Crippen LogP contribution >= 0.6 is 0 Å². The van der Waals surface area contributed by atoms with Crippen LogP contribution in [0.25, 0.3) is 10.8 Å². The van der Waals surface area contributed by atoms with Gasteiger partial charge in [-0.15, -0.1) is 0 Å². The van der Waals surface area contributed by atoms with Crippen LogP contribution in [0.15, 0.2) is 9.59 Å². The third-order valence-corrected chi connectivity index (χ3v) is 7.44. The summed E-state index contributed by atoms with van der Waals surface area (Å²) in [6.07, 6.45) is 6.49. The van der Waals surface area contributed by atoms with Crippen LogP contribution in [-0.2, 0) is 25.7 Å². The second-order valence-corrected chi connectivity index (χ2v) is 10.9. The zero-order valence-corrected chi connectivity index (χ0v) is 17.2. The lowest BCUT2D eigenvalue weighted by atomic mass is 9.64. The summed E-state index contributed by atoms with van der Waals surface area (Å²) in [4.78, 5) is 25.0. The Morgan fingerprint density at radius 1 is 0.615 bits per heavy atom. The van der Waals surface area contributed by atoms with Crippen LogP contribution in [-0.4, -0.2) is 0 Å². The first-order valence-corrected chi connectivity index (χ1v) is 10.3. The van der Waals surface area contributed by atoms with Crippen molar-refractivity contribution in [3.63, 3.8) is 0 Å². The van der Waals surface area contributed by atoms with Gasteiger partial charge in [0.1, 0.15) is 0 Å². The van der Waals surface area contributed by atoms with E-state index in [0.29, 0.717) is 11.8 Å². The molecule has 2 atom stereocenters. The highest BCUT2D eigenvalue weighted by atomic mass is 16.2. The molecule has 0 heterocycles. The van der Waals surface area contributed by atoms with E-state index in [1.807, 2.05) is 0 Å². The lowest BCUT2D eigenvalue weighted by Crippen LogP contribution is -2.38. The molecule has 0 saturated carbocycles. The van der Waals surface area contributed by atoms with Crippen LogP contribution in [0, 0.1) is 22.7 Å². The van der Waals surface area contributed by atoms with Crippen molar-refractivity contribution in [3.8, 4) is 0 Å². The molecule has 2 unspecified atom stereocenters. The minimum Gasteiger partial charge on any atom is -0.285 e. The normalized spacial score (nSPS) is 23.9. The minimum absolute atomic E-state index is 0.216. The Morgan fingerprint density at radius 2 is 0.962 bits per heavy atom. The van der Waals surface area contributed by atoms with Crippen LogP contribution in [0.1, 0.15) is 76.6 Å². The predicted molar refractivity (Wildman–Crippen MR) is 109 cm³/mol. The van der Waals surface area contributed by atoms with Gasteiger partial charge in [-0.3, -0.25) is 9.59 Å². The zero-order chi connectivity index (χ0) is 19.0. The van der Waals surface area contributed by atoms with Crippen LogP contribution in [0.5, 0.6) is 0 Å². The van der Waals surface area contributed by atoms with Crippen molar-refractivity contribution >= 4 is 10.8 Å². The first kappa shape index (κ1) is 17.9. The Kier molecular flexibility index (Phi) is 3.82. The third-order valence-electron chi connectivity index (χ3n) is 7.44. The van der Waals surface area contributed by atoms with Crippen molar-refractivity contribution in [2.45, 2.75) is 80.1 Å². The number of benzene rings is 1. The summed E-state index contributed by atoms with van der Waals surface area (Å²) < 4.78 is 0. The Bertz CT molecular complexity index is 876. The van der Waals surface area contributed by atoms with E-state index in [4.69, 9.17) is 0 Å². The monoisotopic (exact) mass is 352 g/mol. The maximum absolute atomic E-state index is 12.5. The van der Waals surface area contributed by atoms with Crippen molar-refractivity contribution in [1.82, 2.24) is 0 Å². The average Bonchev–Trinajstić information content (AvgIpc) is 2.57. The first-order valence-electron chi connectivity index (χ1n) is 10.3. The van der Waals surface area contributed by atoms with Gasteiger partial charge in [0.05, 0.1) is 0 Å².